The van der Waals surface area contributed by atoms with Crippen LogP contribution >= 0.6 is 11.3 Å². The molecule has 3 aromatic rings. The summed E-state index contributed by atoms with van der Waals surface area (Å²) in [5.74, 6) is 2.75. The number of aryl methyl sites for hydroxylation is 2. The maximum Gasteiger partial charge on any atom is 0.168 e. The zero-order valence-electron chi connectivity index (χ0n) is 17.8. The van der Waals surface area contributed by atoms with Crippen LogP contribution in [0.4, 0.5) is 0 Å². The van der Waals surface area contributed by atoms with Crippen molar-refractivity contribution in [3.8, 4) is 27.0 Å². The topological polar surface area (TPSA) is 92.5 Å². The van der Waals surface area contributed by atoms with Crippen molar-refractivity contribution in [2.24, 2.45) is 13.0 Å². The van der Waals surface area contributed by atoms with Crippen molar-refractivity contribution in [3.05, 3.63) is 30.0 Å². The molecule has 0 aliphatic heterocycles. The van der Waals surface area contributed by atoms with E-state index in [2.05, 4.69) is 28.9 Å². The number of allylic oxidation sites excluding steroid dienone is 2. The molecule has 0 fully saturated rings. The van der Waals surface area contributed by atoms with Gasteiger partial charge in [-0.05, 0) is 44.3 Å². The highest BCUT2D eigenvalue weighted by atomic mass is 32.1. The number of aromatic nitrogens is 5. The van der Waals surface area contributed by atoms with Crippen molar-refractivity contribution in [3.63, 3.8) is 0 Å². The van der Waals surface area contributed by atoms with Gasteiger partial charge in [0, 0.05) is 24.5 Å². The third-order valence-electron chi connectivity index (χ3n) is 5.02. The first kappa shape index (κ1) is 21.0. The Balaban J connectivity index is 2.10. The predicted octanol–water partition coefficient (Wildman–Crippen LogP) is 5.11. The van der Waals surface area contributed by atoms with Crippen LogP contribution in [0.25, 0.3) is 26.8 Å². The second-order valence-corrected chi connectivity index (χ2v) is 8.12. The van der Waals surface area contributed by atoms with Crippen molar-refractivity contribution >= 4 is 22.6 Å². The van der Waals surface area contributed by atoms with E-state index in [4.69, 9.17) is 15.1 Å². The fourth-order valence-electron chi connectivity index (χ4n) is 3.48. The number of nitrogens with one attached hydrogen (secondary N) is 2. The van der Waals surface area contributed by atoms with Crippen LogP contribution in [0, 0.1) is 18.3 Å². The third-order valence-corrected chi connectivity index (χ3v) is 6.14. The average Bonchev–Trinajstić information content (AvgIpc) is 3.39. The van der Waals surface area contributed by atoms with E-state index < -0.39 is 0 Å². The minimum Gasteiger partial charge on any atom is -0.495 e. The molecule has 0 amide bonds. The summed E-state index contributed by atoms with van der Waals surface area (Å²) in [5, 5.41) is 12.1. The molecule has 3 aromatic heterocycles. The highest BCUT2D eigenvalue weighted by Crippen LogP contribution is 2.43. The molecular formula is C21H28N6OS. The first-order chi connectivity index (χ1) is 13.9. The molecule has 29 heavy (non-hydrogen) atoms. The van der Waals surface area contributed by atoms with Gasteiger partial charge in [-0.15, -0.1) is 11.3 Å². The van der Waals surface area contributed by atoms with Crippen LogP contribution in [-0.4, -0.2) is 37.6 Å². The van der Waals surface area contributed by atoms with Crippen molar-refractivity contribution in [2.45, 2.75) is 40.5 Å². The molecule has 0 atom stereocenters. The second kappa shape index (κ2) is 8.73. The van der Waals surface area contributed by atoms with Gasteiger partial charge in [-0.1, -0.05) is 13.8 Å². The Morgan fingerprint density at radius 3 is 2.66 bits per heavy atom. The first-order valence-electron chi connectivity index (χ1n) is 9.75. The molecule has 0 aliphatic carbocycles. The zero-order chi connectivity index (χ0) is 21.1. The molecule has 0 aromatic carbocycles. The summed E-state index contributed by atoms with van der Waals surface area (Å²) < 4.78 is 7.40. The molecule has 0 bridgehead atoms. The maximum absolute atomic E-state index is 7.96. The van der Waals surface area contributed by atoms with Crippen LogP contribution in [0.5, 0.6) is 5.75 Å². The number of aromatic amines is 1. The molecule has 0 aliphatic rings. The molecule has 0 saturated carbocycles. The van der Waals surface area contributed by atoms with Crippen LogP contribution in [0.1, 0.15) is 45.1 Å². The first-order valence-corrected chi connectivity index (χ1v) is 10.6. The molecule has 154 valence electrons. The SMILES string of the molecule is CCC(CC)/C(=C/C(C)=N)c1nc(-c2sc(-c3ncnn3C)cc2OC)c(C)[nH]1. The molecule has 0 radical (unpaired) electrons. The van der Waals surface area contributed by atoms with Crippen molar-refractivity contribution in [1.82, 2.24) is 24.7 Å². The van der Waals surface area contributed by atoms with Crippen LogP contribution in [0.2, 0.25) is 0 Å². The number of nitrogens with zero attached hydrogens (tertiary/aromatic N) is 4. The fraction of sp³-hybridized carbons (Fsp3) is 0.429. The van der Waals surface area contributed by atoms with Crippen molar-refractivity contribution in [2.75, 3.05) is 7.11 Å². The molecular weight excluding hydrogens is 384 g/mol. The van der Waals surface area contributed by atoms with Crippen LogP contribution in [-0.2, 0) is 7.05 Å². The quantitative estimate of drug-likeness (QED) is 0.503. The average molecular weight is 413 g/mol. The lowest BCUT2D eigenvalue weighted by atomic mass is 9.92. The van der Waals surface area contributed by atoms with Gasteiger partial charge >= 0.3 is 0 Å². The number of imidazole rings is 1. The zero-order valence-corrected chi connectivity index (χ0v) is 18.6. The second-order valence-electron chi connectivity index (χ2n) is 7.07. The fourth-order valence-corrected chi connectivity index (χ4v) is 4.68. The molecule has 0 spiro atoms. The van der Waals surface area contributed by atoms with E-state index >= 15 is 0 Å². The van der Waals surface area contributed by atoms with Gasteiger partial charge < -0.3 is 15.1 Å². The van der Waals surface area contributed by atoms with Crippen LogP contribution in [0.3, 0.4) is 0 Å². The Morgan fingerprint density at radius 1 is 1.38 bits per heavy atom. The van der Waals surface area contributed by atoms with Gasteiger partial charge in [0.15, 0.2) is 5.82 Å². The minimum absolute atomic E-state index is 0.355. The molecule has 0 saturated heterocycles. The number of ether oxygens (including phenoxy) is 1. The lowest BCUT2D eigenvalue weighted by Gasteiger charge is -2.15. The Hall–Kier alpha value is -2.74. The van der Waals surface area contributed by atoms with Gasteiger partial charge in [-0.25, -0.2) is 14.6 Å². The van der Waals surface area contributed by atoms with E-state index in [0.29, 0.717) is 11.6 Å². The summed E-state index contributed by atoms with van der Waals surface area (Å²) in [5.41, 5.74) is 3.46. The summed E-state index contributed by atoms with van der Waals surface area (Å²) in [6.07, 6.45) is 5.48. The Morgan fingerprint density at radius 2 is 2.10 bits per heavy atom. The lowest BCUT2D eigenvalue weighted by Crippen LogP contribution is -2.04. The molecule has 3 rings (SSSR count). The Kier molecular flexibility index (Phi) is 6.32. The number of rotatable bonds is 8. The highest BCUT2D eigenvalue weighted by molar-refractivity contribution is 7.19. The molecule has 3 heterocycles. The monoisotopic (exact) mass is 412 g/mol. The van der Waals surface area contributed by atoms with Crippen molar-refractivity contribution < 1.29 is 4.74 Å². The summed E-state index contributed by atoms with van der Waals surface area (Å²) in [7, 11) is 3.54. The van der Waals surface area contributed by atoms with Gasteiger partial charge in [-0.3, -0.25) is 0 Å². The largest absolute Gasteiger partial charge is 0.495 e. The maximum atomic E-state index is 7.96. The third kappa shape index (κ3) is 4.17. The molecule has 7 nitrogen and oxygen atoms in total. The summed E-state index contributed by atoms with van der Waals surface area (Å²) in [6.45, 7) is 8.17. The van der Waals surface area contributed by atoms with E-state index in [1.54, 1.807) is 36.4 Å². The summed E-state index contributed by atoms with van der Waals surface area (Å²) in [6, 6.07) is 1.98. The van der Waals surface area contributed by atoms with E-state index in [-0.39, 0.29) is 0 Å². The van der Waals surface area contributed by atoms with Gasteiger partial charge in [0.05, 0.1) is 16.9 Å². The number of hydrogen-bond acceptors (Lipinski definition) is 6. The van der Waals surface area contributed by atoms with Crippen LogP contribution < -0.4 is 4.74 Å². The van der Waals surface area contributed by atoms with Gasteiger partial charge in [-0.2, -0.15) is 5.10 Å². The van der Waals surface area contributed by atoms with E-state index in [9.17, 15) is 0 Å². The minimum atomic E-state index is 0.355. The standard InChI is InChI=1S/C21H28N6OS/c1-7-14(8-2)15(9-12(3)22)20-25-13(4)18(26-20)19-16(28-6)10-17(29-19)21-23-11-24-27(21)5/h9-11,14,22H,7-8H2,1-6H3,(H,25,26)/b15-9-,22-12?. The lowest BCUT2D eigenvalue weighted by molar-refractivity contribution is 0.418. The number of methoxy groups -OCH3 is 1. The van der Waals surface area contributed by atoms with E-state index in [1.807, 2.05) is 26.1 Å². The number of thiophene rings is 1. The van der Waals surface area contributed by atoms with Gasteiger partial charge in [0.1, 0.15) is 23.6 Å². The highest BCUT2D eigenvalue weighted by Gasteiger charge is 2.23. The Bertz CT molecular complexity index is 1040. The number of H-pyrrole nitrogens is 1. The normalized spacial score (nSPS) is 12.0. The Labute approximate surface area is 175 Å². The van der Waals surface area contributed by atoms with Gasteiger partial charge in [0.2, 0.25) is 0 Å². The smallest absolute Gasteiger partial charge is 0.168 e. The van der Waals surface area contributed by atoms with E-state index in [0.717, 1.165) is 57.0 Å². The predicted molar refractivity (Wildman–Crippen MR) is 119 cm³/mol. The van der Waals surface area contributed by atoms with Gasteiger partial charge in [0.25, 0.3) is 0 Å². The summed E-state index contributed by atoms with van der Waals surface area (Å²) in [4.78, 5) is 14.7. The molecule has 2 N–H and O–H groups in total. The van der Waals surface area contributed by atoms with Crippen LogP contribution in [0.15, 0.2) is 18.5 Å². The van der Waals surface area contributed by atoms with E-state index in [1.165, 1.54) is 0 Å². The number of hydrogen-bond donors (Lipinski definition) is 2. The summed E-state index contributed by atoms with van der Waals surface area (Å²) >= 11 is 1.59. The van der Waals surface area contributed by atoms with Crippen molar-refractivity contribution in [1.29, 1.82) is 5.41 Å². The molecule has 8 heteroatoms. The molecule has 0 unspecified atom stereocenters.